The summed E-state index contributed by atoms with van der Waals surface area (Å²) in [6, 6.07) is 1.59. The number of hydrogen-bond donors (Lipinski definition) is 2. The minimum atomic E-state index is -3.38. The van der Waals surface area contributed by atoms with Crippen LogP contribution in [0.4, 0.5) is 0 Å². The lowest BCUT2D eigenvalue weighted by molar-refractivity contribution is 0.319. The number of aromatic nitrogens is 2. The first-order valence-corrected chi connectivity index (χ1v) is 6.30. The maximum absolute atomic E-state index is 12.0. The third-order valence-corrected chi connectivity index (χ3v) is 4.42. The van der Waals surface area contributed by atoms with Crippen molar-refractivity contribution in [3.05, 3.63) is 12.3 Å². The van der Waals surface area contributed by atoms with Crippen molar-refractivity contribution >= 4 is 10.0 Å². The van der Waals surface area contributed by atoms with Gasteiger partial charge in [0.25, 0.3) is 10.0 Å². The highest BCUT2D eigenvalue weighted by Gasteiger charge is 2.28. The lowest BCUT2D eigenvalue weighted by atomic mass is 10.1. The molecule has 0 saturated carbocycles. The lowest BCUT2D eigenvalue weighted by Gasteiger charge is -2.28. The Bertz CT molecular complexity index is 406. The van der Waals surface area contributed by atoms with Crippen molar-refractivity contribution in [1.82, 2.24) is 14.5 Å². The number of H-pyrrole nitrogens is 1. The molecule has 84 valence electrons. The smallest absolute Gasteiger partial charge is 0.259 e. The molecular formula is C8H14N4O2S. The van der Waals surface area contributed by atoms with Crippen molar-refractivity contribution in [2.45, 2.75) is 23.9 Å². The van der Waals surface area contributed by atoms with E-state index in [0.29, 0.717) is 25.9 Å². The van der Waals surface area contributed by atoms with Gasteiger partial charge in [-0.1, -0.05) is 0 Å². The third-order valence-electron chi connectivity index (χ3n) is 2.59. The van der Waals surface area contributed by atoms with Crippen molar-refractivity contribution in [1.29, 1.82) is 0 Å². The van der Waals surface area contributed by atoms with Gasteiger partial charge in [-0.25, -0.2) is 8.42 Å². The summed E-state index contributed by atoms with van der Waals surface area (Å²) < 4.78 is 25.4. The Kier molecular flexibility index (Phi) is 2.76. The summed E-state index contributed by atoms with van der Waals surface area (Å²) in [4.78, 5) is 0. The van der Waals surface area contributed by atoms with E-state index >= 15 is 0 Å². The van der Waals surface area contributed by atoms with Gasteiger partial charge in [-0.3, -0.25) is 5.10 Å². The van der Waals surface area contributed by atoms with Crippen LogP contribution < -0.4 is 5.73 Å². The van der Waals surface area contributed by atoms with Crippen LogP contribution in [0.5, 0.6) is 0 Å². The molecule has 2 rings (SSSR count). The topological polar surface area (TPSA) is 92.1 Å². The molecule has 1 aliphatic rings. The van der Waals surface area contributed by atoms with Gasteiger partial charge in [0.15, 0.2) is 5.03 Å². The Balaban J connectivity index is 2.17. The zero-order valence-corrected chi connectivity index (χ0v) is 9.07. The van der Waals surface area contributed by atoms with Gasteiger partial charge in [-0.05, 0) is 18.9 Å². The Hall–Kier alpha value is -0.920. The second-order valence-electron chi connectivity index (χ2n) is 3.66. The highest BCUT2D eigenvalue weighted by molar-refractivity contribution is 7.89. The molecule has 0 aromatic carbocycles. The summed E-state index contributed by atoms with van der Waals surface area (Å²) in [5, 5.41) is 6.27. The van der Waals surface area contributed by atoms with Crippen LogP contribution in [-0.2, 0) is 10.0 Å². The van der Waals surface area contributed by atoms with E-state index in [2.05, 4.69) is 10.2 Å². The summed E-state index contributed by atoms with van der Waals surface area (Å²) >= 11 is 0. The quantitative estimate of drug-likeness (QED) is 0.718. The maximum Gasteiger partial charge on any atom is 0.259 e. The highest BCUT2D eigenvalue weighted by Crippen LogP contribution is 2.17. The van der Waals surface area contributed by atoms with E-state index in [-0.39, 0.29) is 11.1 Å². The van der Waals surface area contributed by atoms with E-state index in [9.17, 15) is 8.42 Å². The van der Waals surface area contributed by atoms with Gasteiger partial charge < -0.3 is 5.73 Å². The molecule has 15 heavy (non-hydrogen) atoms. The Morgan fingerprint density at radius 3 is 2.67 bits per heavy atom. The molecule has 1 aromatic rings. The molecule has 0 radical (unpaired) electrons. The van der Waals surface area contributed by atoms with Crippen LogP contribution in [0, 0.1) is 0 Å². The first kappa shape index (κ1) is 10.6. The standard InChI is InChI=1S/C8H14N4O2S/c9-7-2-5-12(6-3-7)15(13,14)8-1-4-10-11-8/h1,4,7H,2-3,5-6,9H2,(H,10,11). The highest BCUT2D eigenvalue weighted by atomic mass is 32.2. The average molecular weight is 230 g/mol. The van der Waals surface area contributed by atoms with Gasteiger partial charge in [0.1, 0.15) is 0 Å². The molecule has 1 aromatic heterocycles. The summed E-state index contributed by atoms with van der Waals surface area (Å²) in [6.45, 7) is 0.977. The number of aromatic amines is 1. The minimum absolute atomic E-state index is 0.123. The maximum atomic E-state index is 12.0. The van der Waals surface area contributed by atoms with E-state index in [1.807, 2.05) is 0 Å². The summed E-state index contributed by atoms with van der Waals surface area (Å²) in [5.74, 6) is 0. The molecule has 0 bridgehead atoms. The number of piperidine rings is 1. The summed E-state index contributed by atoms with van der Waals surface area (Å²) in [6.07, 6.45) is 2.86. The fraction of sp³-hybridized carbons (Fsp3) is 0.625. The molecule has 6 nitrogen and oxygen atoms in total. The van der Waals surface area contributed by atoms with E-state index in [4.69, 9.17) is 5.73 Å². The molecule has 1 saturated heterocycles. The fourth-order valence-corrected chi connectivity index (χ4v) is 3.01. The Morgan fingerprint density at radius 1 is 1.47 bits per heavy atom. The SMILES string of the molecule is NC1CCN(S(=O)(=O)c2ccn[nH]2)CC1. The van der Waals surface area contributed by atoms with E-state index in [1.165, 1.54) is 16.6 Å². The second kappa shape index (κ2) is 3.92. The zero-order valence-electron chi connectivity index (χ0n) is 8.26. The lowest BCUT2D eigenvalue weighted by Crippen LogP contribution is -2.42. The van der Waals surface area contributed by atoms with Crippen LogP contribution in [0.25, 0.3) is 0 Å². The van der Waals surface area contributed by atoms with E-state index in [0.717, 1.165) is 0 Å². The van der Waals surface area contributed by atoms with Gasteiger partial charge in [0, 0.05) is 19.1 Å². The first-order valence-electron chi connectivity index (χ1n) is 4.86. The van der Waals surface area contributed by atoms with Crippen LogP contribution in [0.1, 0.15) is 12.8 Å². The van der Waals surface area contributed by atoms with Crippen LogP contribution in [-0.4, -0.2) is 42.1 Å². The number of nitrogens with zero attached hydrogens (tertiary/aromatic N) is 2. The van der Waals surface area contributed by atoms with Crippen molar-refractivity contribution in [3.63, 3.8) is 0 Å². The van der Waals surface area contributed by atoms with E-state index < -0.39 is 10.0 Å². The predicted molar refractivity (Wildman–Crippen MR) is 54.6 cm³/mol. The van der Waals surface area contributed by atoms with Gasteiger partial charge in [-0.2, -0.15) is 9.40 Å². The Morgan fingerprint density at radius 2 is 2.13 bits per heavy atom. The third kappa shape index (κ3) is 2.04. The summed E-state index contributed by atoms with van der Waals surface area (Å²) in [5.41, 5.74) is 5.72. The zero-order chi connectivity index (χ0) is 10.9. The molecule has 1 fully saturated rings. The van der Waals surface area contributed by atoms with E-state index in [1.54, 1.807) is 0 Å². The second-order valence-corrected chi connectivity index (χ2v) is 5.57. The summed E-state index contributed by atoms with van der Waals surface area (Å²) in [7, 11) is -3.38. The van der Waals surface area contributed by atoms with Crippen molar-refractivity contribution < 1.29 is 8.42 Å². The van der Waals surface area contributed by atoms with Crippen LogP contribution >= 0.6 is 0 Å². The molecule has 0 atom stereocenters. The number of sulfonamides is 1. The van der Waals surface area contributed by atoms with Crippen molar-refractivity contribution in [2.75, 3.05) is 13.1 Å². The number of rotatable bonds is 2. The molecule has 3 N–H and O–H groups in total. The van der Waals surface area contributed by atoms with Crippen molar-refractivity contribution in [3.8, 4) is 0 Å². The molecule has 2 heterocycles. The van der Waals surface area contributed by atoms with Gasteiger partial charge in [0.05, 0.1) is 6.20 Å². The van der Waals surface area contributed by atoms with Crippen LogP contribution in [0.15, 0.2) is 17.3 Å². The van der Waals surface area contributed by atoms with Gasteiger partial charge in [0.2, 0.25) is 0 Å². The van der Waals surface area contributed by atoms with Gasteiger partial charge in [-0.15, -0.1) is 0 Å². The molecule has 7 heteroatoms. The minimum Gasteiger partial charge on any atom is -0.328 e. The molecule has 0 unspecified atom stereocenters. The van der Waals surface area contributed by atoms with Crippen LogP contribution in [0.2, 0.25) is 0 Å². The van der Waals surface area contributed by atoms with Crippen molar-refractivity contribution in [2.24, 2.45) is 5.73 Å². The number of nitrogens with one attached hydrogen (secondary N) is 1. The molecule has 0 spiro atoms. The predicted octanol–water partition coefficient (Wildman–Crippen LogP) is -0.479. The number of hydrogen-bond acceptors (Lipinski definition) is 4. The molecule has 0 amide bonds. The monoisotopic (exact) mass is 230 g/mol. The fourth-order valence-electron chi connectivity index (χ4n) is 1.64. The largest absolute Gasteiger partial charge is 0.328 e. The molecular weight excluding hydrogens is 216 g/mol. The number of nitrogens with two attached hydrogens (primary N) is 1. The Labute approximate surface area is 88.5 Å². The normalized spacial score (nSPS) is 20.6. The molecule has 1 aliphatic heterocycles. The molecule has 0 aliphatic carbocycles. The first-order chi connectivity index (χ1) is 7.10. The van der Waals surface area contributed by atoms with Gasteiger partial charge >= 0.3 is 0 Å². The average Bonchev–Trinajstić information content (AvgIpc) is 2.71. The van der Waals surface area contributed by atoms with Crippen LogP contribution in [0.3, 0.4) is 0 Å².